The molecule has 2 heterocycles. The molecular formula is C10H19NO2. The fraction of sp³-hybridized carbons (Fsp3) is 1.00. The van der Waals surface area contributed by atoms with Gasteiger partial charge in [-0.25, -0.2) is 0 Å². The van der Waals surface area contributed by atoms with Crippen LogP contribution in [0.2, 0.25) is 0 Å². The van der Waals surface area contributed by atoms with Gasteiger partial charge in [0.25, 0.3) is 0 Å². The van der Waals surface area contributed by atoms with Crippen LogP contribution >= 0.6 is 0 Å². The second-order valence-electron chi connectivity index (χ2n) is 4.18. The molecule has 0 aromatic rings. The molecular weight excluding hydrogens is 166 g/mol. The third-order valence-electron chi connectivity index (χ3n) is 3.14. The number of hydrogen-bond donors (Lipinski definition) is 0. The van der Waals surface area contributed by atoms with Crippen LogP contribution < -0.4 is 0 Å². The highest BCUT2D eigenvalue weighted by Gasteiger charge is 2.31. The SMILES string of the molecule is COC1CCN(C[C@@H]2CO2)C(C)C1. The lowest BCUT2D eigenvalue weighted by molar-refractivity contribution is 0.0138. The van der Waals surface area contributed by atoms with Gasteiger partial charge in [0.2, 0.25) is 0 Å². The summed E-state index contributed by atoms with van der Waals surface area (Å²) in [6, 6.07) is 0.655. The van der Waals surface area contributed by atoms with Crippen molar-refractivity contribution in [3.05, 3.63) is 0 Å². The lowest BCUT2D eigenvalue weighted by Crippen LogP contribution is -2.44. The van der Waals surface area contributed by atoms with Crippen LogP contribution in [0.25, 0.3) is 0 Å². The molecule has 0 bridgehead atoms. The van der Waals surface area contributed by atoms with E-state index in [-0.39, 0.29) is 0 Å². The minimum Gasteiger partial charge on any atom is -0.381 e. The van der Waals surface area contributed by atoms with Crippen LogP contribution in [0, 0.1) is 0 Å². The van der Waals surface area contributed by atoms with Crippen molar-refractivity contribution in [3.63, 3.8) is 0 Å². The summed E-state index contributed by atoms with van der Waals surface area (Å²) in [6.45, 7) is 5.54. The van der Waals surface area contributed by atoms with E-state index < -0.39 is 0 Å². The fourth-order valence-electron chi connectivity index (χ4n) is 2.10. The minimum atomic E-state index is 0.478. The molecule has 2 unspecified atom stereocenters. The summed E-state index contributed by atoms with van der Waals surface area (Å²) in [7, 11) is 1.82. The normalized spacial score (nSPS) is 40.6. The molecule has 2 aliphatic heterocycles. The second-order valence-corrected chi connectivity index (χ2v) is 4.18. The van der Waals surface area contributed by atoms with Crippen molar-refractivity contribution in [2.75, 3.05) is 26.8 Å². The van der Waals surface area contributed by atoms with E-state index in [9.17, 15) is 0 Å². The van der Waals surface area contributed by atoms with E-state index in [1.165, 1.54) is 19.4 Å². The predicted octanol–water partition coefficient (Wildman–Crippen LogP) is 0.884. The molecule has 2 rings (SSSR count). The molecule has 3 heteroatoms. The van der Waals surface area contributed by atoms with Gasteiger partial charge < -0.3 is 9.47 Å². The third kappa shape index (κ3) is 2.42. The van der Waals surface area contributed by atoms with E-state index in [1.807, 2.05) is 7.11 Å². The number of ether oxygens (including phenoxy) is 2. The standard InChI is InChI=1S/C10H19NO2/c1-8-5-9(12-2)3-4-11(8)6-10-7-13-10/h8-10H,3-7H2,1-2H3/t8?,9?,10-/m1/s1. The minimum absolute atomic E-state index is 0.478. The van der Waals surface area contributed by atoms with Crippen LogP contribution in [-0.2, 0) is 9.47 Å². The Bertz CT molecular complexity index is 170. The molecule has 0 saturated carbocycles. The lowest BCUT2D eigenvalue weighted by Gasteiger charge is -2.36. The molecule has 0 spiro atoms. The first-order chi connectivity index (χ1) is 6.29. The number of piperidine rings is 1. The number of nitrogens with zero attached hydrogens (tertiary/aromatic N) is 1. The first kappa shape index (κ1) is 9.44. The van der Waals surface area contributed by atoms with E-state index in [1.54, 1.807) is 0 Å². The number of epoxide rings is 1. The van der Waals surface area contributed by atoms with Gasteiger partial charge in [-0.2, -0.15) is 0 Å². The monoisotopic (exact) mass is 185 g/mol. The van der Waals surface area contributed by atoms with Gasteiger partial charge in [-0.05, 0) is 19.8 Å². The first-order valence-corrected chi connectivity index (χ1v) is 5.18. The van der Waals surface area contributed by atoms with Crippen molar-refractivity contribution in [3.8, 4) is 0 Å². The zero-order valence-corrected chi connectivity index (χ0v) is 8.53. The van der Waals surface area contributed by atoms with E-state index >= 15 is 0 Å². The Morgan fingerprint density at radius 3 is 2.85 bits per heavy atom. The Kier molecular flexibility index (Phi) is 2.86. The Labute approximate surface area is 80.0 Å². The molecule has 3 atom stereocenters. The molecule has 0 amide bonds. The van der Waals surface area contributed by atoms with Gasteiger partial charge in [-0.15, -0.1) is 0 Å². The molecule has 0 aromatic carbocycles. The van der Waals surface area contributed by atoms with Gasteiger partial charge in [0, 0.05) is 26.2 Å². The van der Waals surface area contributed by atoms with Crippen molar-refractivity contribution >= 4 is 0 Å². The lowest BCUT2D eigenvalue weighted by atomic mass is 10.0. The Morgan fingerprint density at radius 1 is 1.54 bits per heavy atom. The van der Waals surface area contributed by atoms with Crippen LogP contribution in [0.1, 0.15) is 19.8 Å². The van der Waals surface area contributed by atoms with E-state index in [4.69, 9.17) is 9.47 Å². The average Bonchev–Trinajstić information content (AvgIpc) is 2.92. The van der Waals surface area contributed by atoms with Crippen LogP contribution in [-0.4, -0.2) is 50.0 Å². The van der Waals surface area contributed by atoms with Crippen molar-refractivity contribution in [2.45, 2.75) is 38.0 Å². The highest BCUT2D eigenvalue weighted by atomic mass is 16.6. The van der Waals surface area contributed by atoms with Gasteiger partial charge in [0.05, 0.1) is 18.8 Å². The summed E-state index contributed by atoms with van der Waals surface area (Å²) in [4.78, 5) is 2.52. The molecule has 13 heavy (non-hydrogen) atoms. The maximum atomic E-state index is 5.37. The molecule has 0 radical (unpaired) electrons. The summed E-state index contributed by atoms with van der Waals surface area (Å²) in [5.41, 5.74) is 0. The van der Waals surface area contributed by atoms with Crippen molar-refractivity contribution in [2.24, 2.45) is 0 Å². The van der Waals surface area contributed by atoms with Gasteiger partial charge in [-0.3, -0.25) is 4.90 Å². The smallest absolute Gasteiger partial charge is 0.0936 e. The maximum Gasteiger partial charge on any atom is 0.0936 e. The molecule has 0 aliphatic carbocycles. The summed E-state index contributed by atoms with van der Waals surface area (Å²) in [5, 5.41) is 0. The molecule has 2 saturated heterocycles. The molecule has 2 aliphatic rings. The number of rotatable bonds is 3. The van der Waals surface area contributed by atoms with Crippen molar-refractivity contribution < 1.29 is 9.47 Å². The van der Waals surface area contributed by atoms with Crippen molar-refractivity contribution in [1.29, 1.82) is 0 Å². The maximum absolute atomic E-state index is 5.37. The van der Waals surface area contributed by atoms with Crippen LogP contribution in [0.15, 0.2) is 0 Å². The third-order valence-corrected chi connectivity index (χ3v) is 3.14. The number of hydrogen-bond acceptors (Lipinski definition) is 3. The van der Waals surface area contributed by atoms with Gasteiger partial charge in [-0.1, -0.05) is 0 Å². The van der Waals surface area contributed by atoms with Crippen LogP contribution in [0.3, 0.4) is 0 Å². The zero-order valence-electron chi connectivity index (χ0n) is 8.53. The Balaban J connectivity index is 1.78. The van der Waals surface area contributed by atoms with Gasteiger partial charge in [0.1, 0.15) is 0 Å². The average molecular weight is 185 g/mol. The second kappa shape index (κ2) is 3.95. The van der Waals surface area contributed by atoms with Gasteiger partial charge >= 0.3 is 0 Å². The van der Waals surface area contributed by atoms with Crippen molar-refractivity contribution in [1.82, 2.24) is 4.90 Å². The predicted molar refractivity (Wildman–Crippen MR) is 50.8 cm³/mol. The quantitative estimate of drug-likeness (QED) is 0.610. The fourth-order valence-corrected chi connectivity index (χ4v) is 2.10. The largest absolute Gasteiger partial charge is 0.381 e. The van der Waals surface area contributed by atoms with E-state index in [2.05, 4.69) is 11.8 Å². The Morgan fingerprint density at radius 2 is 2.31 bits per heavy atom. The molecule has 0 N–H and O–H groups in total. The molecule has 76 valence electrons. The summed E-state index contributed by atoms with van der Waals surface area (Å²) >= 11 is 0. The summed E-state index contributed by atoms with van der Waals surface area (Å²) in [5.74, 6) is 0. The highest BCUT2D eigenvalue weighted by molar-refractivity contribution is 4.83. The first-order valence-electron chi connectivity index (χ1n) is 5.18. The number of likely N-dealkylation sites (tertiary alicyclic amines) is 1. The molecule has 0 aromatic heterocycles. The molecule has 3 nitrogen and oxygen atoms in total. The topological polar surface area (TPSA) is 25.0 Å². The van der Waals surface area contributed by atoms with Gasteiger partial charge in [0.15, 0.2) is 0 Å². The Hall–Kier alpha value is -0.120. The zero-order chi connectivity index (χ0) is 9.26. The van der Waals surface area contributed by atoms with E-state index in [0.717, 1.165) is 13.2 Å². The summed E-state index contributed by atoms with van der Waals surface area (Å²) < 4.78 is 10.6. The van der Waals surface area contributed by atoms with Crippen LogP contribution in [0.5, 0.6) is 0 Å². The number of methoxy groups -OCH3 is 1. The summed E-state index contributed by atoms with van der Waals surface area (Å²) in [6.07, 6.45) is 3.35. The highest BCUT2D eigenvalue weighted by Crippen LogP contribution is 2.22. The molecule has 2 fully saturated rings. The van der Waals surface area contributed by atoms with E-state index in [0.29, 0.717) is 18.2 Å². The van der Waals surface area contributed by atoms with Crippen LogP contribution in [0.4, 0.5) is 0 Å².